The summed E-state index contributed by atoms with van der Waals surface area (Å²) < 4.78 is 5.39. The lowest BCUT2D eigenvalue weighted by molar-refractivity contribution is 0.0559. The molecule has 1 aromatic rings. The van der Waals surface area contributed by atoms with Crippen LogP contribution in [0.1, 0.15) is 40.6 Å². The van der Waals surface area contributed by atoms with Gasteiger partial charge in [0, 0.05) is 19.3 Å². The minimum atomic E-state index is -1.06. The number of rotatable bonds is 5. The fourth-order valence-corrected chi connectivity index (χ4v) is 2.36. The maximum atomic E-state index is 12.4. The first kappa shape index (κ1) is 14.5. The van der Waals surface area contributed by atoms with E-state index in [1.165, 1.54) is 18.3 Å². The van der Waals surface area contributed by atoms with E-state index in [1.54, 1.807) is 4.90 Å². The molecule has 1 aromatic heterocycles. The third-order valence-corrected chi connectivity index (χ3v) is 3.38. The Labute approximate surface area is 117 Å². The molecule has 2 rings (SSSR count). The summed E-state index contributed by atoms with van der Waals surface area (Å²) >= 11 is 0. The molecule has 1 fully saturated rings. The Morgan fingerprint density at radius 1 is 1.55 bits per heavy atom. The van der Waals surface area contributed by atoms with Crippen molar-refractivity contribution < 1.29 is 19.4 Å². The minimum Gasteiger partial charge on any atom is -0.478 e. The predicted octanol–water partition coefficient (Wildman–Crippen LogP) is 1.42. The number of aromatic nitrogens is 1. The number of aromatic carboxylic acids is 1. The lowest BCUT2D eigenvalue weighted by Gasteiger charge is -2.24. The summed E-state index contributed by atoms with van der Waals surface area (Å²) in [6, 6.07) is 2.75. The van der Waals surface area contributed by atoms with Crippen molar-refractivity contribution in [2.75, 3.05) is 19.8 Å². The fourth-order valence-electron chi connectivity index (χ4n) is 2.36. The number of carboxylic acid groups (broad SMARTS) is 1. The van der Waals surface area contributed by atoms with Gasteiger partial charge in [0.15, 0.2) is 0 Å². The number of pyridine rings is 1. The van der Waals surface area contributed by atoms with Crippen molar-refractivity contribution in [2.24, 2.45) is 0 Å². The van der Waals surface area contributed by atoms with Crippen molar-refractivity contribution in [3.05, 3.63) is 29.6 Å². The van der Waals surface area contributed by atoms with E-state index in [0.717, 1.165) is 12.8 Å². The number of carboxylic acids is 1. The summed E-state index contributed by atoms with van der Waals surface area (Å²) in [6.45, 7) is 3.71. The van der Waals surface area contributed by atoms with Gasteiger partial charge in [-0.2, -0.15) is 0 Å². The number of likely N-dealkylation sites (tertiary alicyclic amines) is 1. The van der Waals surface area contributed by atoms with Crippen LogP contribution in [0.2, 0.25) is 0 Å². The van der Waals surface area contributed by atoms with E-state index >= 15 is 0 Å². The summed E-state index contributed by atoms with van der Waals surface area (Å²) in [4.78, 5) is 29.1. The standard InChI is InChI=1S/C14H18N2O4/c1-2-20-9-11-4-3-7-16(11)13(17)12-8-10(14(18)19)5-6-15-12/h5-6,8,11H,2-4,7,9H2,1H3,(H,18,19)/t11-/m1/s1. The molecule has 1 atom stereocenters. The molecule has 108 valence electrons. The van der Waals surface area contributed by atoms with Crippen LogP contribution < -0.4 is 0 Å². The monoisotopic (exact) mass is 278 g/mol. The zero-order valence-corrected chi connectivity index (χ0v) is 11.4. The van der Waals surface area contributed by atoms with Crippen molar-refractivity contribution in [2.45, 2.75) is 25.8 Å². The number of hydrogen-bond donors (Lipinski definition) is 1. The highest BCUT2D eigenvalue weighted by molar-refractivity contribution is 5.96. The van der Waals surface area contributed by atoms with Crippen molar-refractivity contribution in [1.82, 2.24) is 9.88 Å². The number of ether oxygens (including phenoxy) is 1. The van der Waals surface area contributed by atoms with Crippen LogP contribution in [0.25, 0.3) is 0 Å². The lowest BCUT2D eigenvalue weighted by Crippen LogP contribution is -2.38. The van der Waals surface area contributed by atoms with E-state index in [0.29, 0.717) is 19.8 Å². The first-order valence-corrected chi connectivity index (χ1v) is 6.71. The van der Waals surface area contributed by atoms with Crippen LogP contribution in [-0.2, 0) is 4.74 Å². The van der Waals surface area contributed by atoms with Crippen LogP contribution in [-0.4, -0.2) is 52.7 Å². The molecule has 1 N–H and O–H groups in total. The van der Waals surface area contributed by atoms with Crippen LogP contribution in [0.15, 0.2) is 18.3 Å². The van der Waals surface area contributed by atoms with Gasteiger partial charge in [0.1, 0.15) is 5.69 Å². The lowest BCUT2D eigenvalue weighted by atomic mass is 10.2. The van der Waals surface area contributed by atoms with Crippen molar-refractivity contribution >= 4 is 11.9 Å². The van der Waals surface area contributed by atoms with Gasteiger partial charge in [-0.1, -0.05) is 0 Å². The summed E-state index contributed by atoms with van der Waals surface area (Å²) in [5.41, 5.74) is 0.247. The molecule has 1 aliphatic heterocycles. The highest BCUT2D eigenvalue weighted by Crippen LogP contribution is 2.20. The van der Waals surface area contributed by atoms with E-state index in [2.05, 4.69) is 4.98 Å². The van der Waals surface area contributed by atoms with Crippen molar-refractivity contribution in [3.8, 4) is 0 Å². The Bertz CT molecular complexity index is 504. The number of amides is 1. The normalized spacial score (nSPS) is 18.2. The molecule has 0 spiro atoms. The molecule has 0 radical (unpaired) electrons. The maximum absolute atomic E-state index is 12.4. The number of carbonyl (C=O) groups is 2. The van der Waals surface area contributed by atoms with Gasteiger partial charge >= 0.3 is 5.97 Å². The van der Waals surface area contributed by atoms with Crippen molar-refractivity contribution in [3.63, 3.8) is 0 Å². The first-order valence-electron chi connectivity index (χ1n) is 6.71. The molecular formula is C14H18N2O4. The average molecular weight is 278 g/mol. The molecule has 0 saturated carbocycles. The highest BCUT2D eigenvalue weighted by atomic mass is 16.5. The molecule has 0 bridgehead atoms. The Kier molecular flexibility index (Phi) is 4.68. The largest absolute Gasteiger partial charge is 0.478 e. The van der Waals surface area contributed by atoms with E-state index in [4.69, 9.17) is 9.84 Å². The zero-order chi connectivity index (χ0) is 14.5. The predicted molar refractivity (Wildman–Crippen MR) is 71.7 cm³/mol. The Morgan fingerprint density at radius 2 is 2.35 bits per heavy atom. The van der Waals surface area contributed by atoms with Gasteiger partial charge in [-0.05, 0) is 31.9 Å². The second kappa shape index (κ2) is 6.47. The summed E-state index contributed by atoms with van der Waals surface area (Å²) in [6.07, 6.45) is 3.19. The van der Waals surface area contributed by atoms with E-state index in [9.17, 15) is 9.59 Å². The molecule has 6 nitrogen and oxygen atoms in total. The van der Waals surface area contributed by atoms with Crippen LogP contribution in [0.4, 0.5) is 0 Å². The maximum Gasteiger partial charge on any atom is 0.335 e. The molecule has 0 aliphatic carbocycles. The quantitative estimate of drug-likeness (QED) is 0.881. The van der Waals surface area contributed by atoms with Gasteiger partial charge in [0.05, 0.1) is 18.2 Å². The molecule has 20 heavy (non-hydrogen) atoms. The topological polar surface area (TPSA) is 79.7 Å². The number of carbonyl (C=O) groups excluding carboxylic acids is 1. The van der Waals surface area contributed by atoms with E-state index < -0.39 is 5.97 Å². The number of hydrogen-bond acceptors (Lipinski definition) is 4. The van der Waals surface area contributed by atoms with Crippen LogP contribution in [0.3, 0.4) is 0 Å². The van der Waals surface area contributed by atoms with Gasteiger partial charge < -0.3 is 14.7 Å². The molecule has 0 unspecified atom stereocenters. The Hall–Kier alpha value is -1.95. The SMILES string of the molecule is CCOC[C@H]1CCCN1C(=O)c1cc(C(=O)O)ccn1. The molecule has 1 saturated heterocycles. The molecule has 1 aliphatic rings. The minimum absolute atomic E-state index is 0.0535. The third-order valence-electron chi connectivity index (χ3n) is 3.38. The van der Waals surface area contributed by atoms with Gasteiger partial charge in [-0.25, -0.2) is 4.79 Å². The smallest absolute Gasteiger partial charge is 0.335 e. The third kappa shape index (κ3) is 3.14. The van der Waals surface area contributed by atoms with Gasteiger partial charge in [0.2, 0.25) is 0 Å². The van der Waals surface area contributed by atoms with Crippen LogP contribution in [0, 0.1) is 0 Å². The van der Waals surface area contributed by atoms with Gasteiger partial charge in [-0.15, -0.1) is 0 Å². The molecular weight excluding hydrogens is 260 g/mol. The van der Waals surface area contributed by atoms with Crippen molar-refractivity contribution in [1.29, 1.82) is 0 Å². The van der Waals surface area contributed by atoms with Gasteiger partial charge in [-0.3, -0.25) is 9.78 Å². The second-order valence-corrected chi connectivity index (χ2v) is 4.69. The fraction of sp³-hybridized carbons (Fsp3) is 0.500. The van der Waals surface area contributed by atoms with Crippen LogP contribution in [0.5, 0.6) is 0 Å². The molecule has 2 heterocycles. The Balaban J connectivity index is 2.13. The first-order chi connectivity index (χ1) is 9.63. The Morgan fingerprint density at radius 3 is 3.05 bits per heavy atom. The molecule has 0 aromatic carbocycles. The van der Waals surface area contributed by atoms with E-state index in [-0.39, 0.29) is 23.2 Å². The highest BCUT2D eigenvalue weighted by Gasteiger charge is 2.30. The van der Waals surface area contributed by atoms with Crippen LogP contribution >= 0.6 is 0 Å². The molecule has 6 heteroatoms. The summed E-state index contributed by atoms with van der Waals surface area (Å²) in [5.74, 6) is -1.29. The van der Waals surface area contributed by atoms with E-state index in [1.807, 2.05) is 6.92 Å². The second-order valence-electron chi connectivity index (χ2n) is 4.69. The summed E-state index contributed by atoms with van der Waals surface area (Å²) in [7, 11) is 0. The zero-order valence-electron chi connectivity index (χ0n) is 11.4. The number of nitrogens with zero attached hydrogens (tertiary/aromatic N) is 2. The molecule has 1 amide bonds. The average Bonchev–Trinajstić information content (AvgIpc) is 2.92. The summed E-state index contributed by atoms with van der Waals surface area (Å²) in [5, 5.41) is 8.95. The van der Waals surface area contributed by atoms with Gasteiger partial charge in [0.25, 0.3) is 5.91 Å².